The minimum absolute atomic E-state index is 0.0265. The van der Waals surface area contributed by atoms with Gasteiger partial charge in [0.15, 0.2) is 5.78 Å². The van der Waals surface area contributed by atoms with E-state index in [9.17, 15) is 9.59 Å². The third-order valence-corrected chi connectivity index (χ3v) is 7.31. The molecule has 154 valence electrons. The number of ether oxygens (including phenoxy) is 2. The molecular formula is C21H28ClNO4S. The van der Waals surface area contributed by atoms with Gasteiger partial charge in [-0.2, -0.15) is 11.8 Å². The Hall–Kier alpha value is -1.24. The largest absolute Gasteiger partial charge is 0.449 e. The van der Waals surface area contributed by atoms with Crippen molar-refractivity contribution in [2.45, 2.75) is 38.1 Å². The van der Waals surface area contributed by atoms with E-state index < -0.39 is 11.6 Å². The molecule has 5 nitrogen and oxygen atoms in total. The van der Waals surface area contributed by atoms with Crippen LogP contribution < -0.4 is 0 Å². The molecular weight excluding hydrogens is 398 g/mol. The number of carbonyl (C=O) groups is 2. The number of likely N-dealkylation sites (N-methyl/N-ethyl adjacent to an activating group) is 1. The second-order valence-corrected chi connectivity index (χ2v) is 9.51. The van der Waals surface area contributed by atoms with E-state index in [1.165, 1.54) is 4.90 Å². The summed E-state index contributed by atoms with van der Waals surface area (Å²) in [6.07, 6.45) is 2.24. The average molecular weight is 426 g/mol. The topological polar surface area (TPSA) is 55.8 Å². The Morgan fingerprint density at radius 3 is 2.71 bits per heavy atom. The highest BCUT2D eigenvalue weighted by atomic mass is 35.5. The number of benzene rings is 1. The Bertz CT molecular complexity index is 724. The van der Waals surface area contributed by atoms with Gasteiger partial charge in [0.25, 0.3) is 0 Å². The first kappa shape index (κ1) is 21.5. The van der Waals surface area contributed by atoms with Crippen molar-refractivity contribution in [2.24, 2.45) is 5.41 Å². The number of thioether (sulfide) groups is 1. The van der Waals surface area contributed by atoms with E-state index in [1.54, 1.807) is 24.9 Å². The molecule has 0 N–H and O–H groups in total. The Morgan fingerprint density at radius 2 is 2.07 bits per heavy atom. The van der Waals surface area contributed by atoms with Crippen molar-refractivity contribution in [3.8, 4) is 0 Å². The van der Waals surface area contributed by atoms with Gasteiger partial charge in [-0.25, -0.2) is 4.79 Å². The van der Waals surface area contributed by atoms with Crippen LogP contribution in [0.2, 0.25) is 5.02 Å². The summed E-state index contributed by atoms with van der Waals surface area (Å²) >= 11 is 8.18. The van der Waals surface area contributed by atoms with Crippen LogP contribution >= 0.6 is 23.4 Å². The van der Waals surface area contributed by atoms with Crippen LogP contribution in [0.1, 0.15) is 38.2 Å². The maximum absolute atomic E-state index is 13.0. The molecule has 28 heavy (non-hydrogen) atoms. The number of hydrogen-bond donors (Lipinski definition) is 0. The number of nitrogens with zero attached hydrogens (tertiary/aromatic N) is 1. The minimum atomic E-state index is -1.04. The van der Waals surface area contributed by atoms with Crippen molar-refractivity contribution in [3.05, 3.63) is 34.9 Å². The molecule has 0 radical (unpaired) electrons. The Labute approximate surface area is 176 Å². The van der Waals surface area contributed by atoms with E-state index in [-0.39, 0.29) is 11.2 Å². The number of ketones is 1. The second-order valence-electron chi connectivity index (χ2n) is 8.00. The Balaban J connectivity index is 1.64. The fourth-order valence-corrected chi connectivity index (χ4v) is 5.22. The third kappa shape index (κ3) is 4.34. The fourth-order valence-electron chi connectivity index (χ4n) is 3.92. The highest BCUT2D eigenvalue weighted by molar-refractivity contribution is 7.99. The molecule has 3 rings (SSSR count). The van der Waals surface area contributed by atoms with Gasteiger partial charge in [0.1, 0.15) is 12.1 Å². The number of Topliss-reactive ketones (excluding diaryl/α,β-unsaturated/α-hetero) is 1. The number of carbonyl (C=O) groups excluding carboxylic acids is 2. The van der Waals surface area contributed by atoms with Gasteiger partial charge in [-0.05, 0) is 25.3 Å². The lowest BCUT2D eigenvalue weighted by molar-refractivity contribution is -0.133. The standard InChI is InChI=1S/C21H28ClNO4S/c1-20(13-26-14-20)15-28-12-11-27-19(25)23(2)21(10-6-5-9-18(21)24)16-7-3-4-8-17(16)22/h3-4,7-8H,5-6,9-15H2,1-2H3/t21-/m0/s1. The highest BCUT2D eigenvalue weighted by Crippen LogP contribution is 2.42. The molecule has 7 heteroatoms. The van der Waals surface area contributed by atoms with E-state index in [0.29, 0.717) is 30.0 Å². The van der Waals surface area contributed by atoms with E-state index in [4.69, 9.17) is 21.1 Å². The maximum atomic E-state index is 13.0. The SMILES string of the molecule is CN(C(=O)OCCSCC1(C)COC1)[C@]1(c2ccccc2Cl)CCCCC1=O. The molecule has 2 aliphatic rings. The molecule has 0 bridgehead atoms. The predicted molar refractivity (Wildman–Crippen MR) is 112 cm³/mol. The molecule has 1 saturated carbocycles. The van der Waals surface area contributed by atoms with Crippen LogP contribution in [0.5, 0.6) is 0 Å². The van der Waals surface area contributed by atoms with Crippen molar-refractivity contribution in [1.29, 1.82) is 0 Å². The minimum Gasteiger partial charge on any atom is -0.449 e. The van der Waals surface area contributed by atoms with Crippen LogP contribution in [0, 0.1) is 5.41 Å². The number of hydrogen-bond acceptors (Lipinski definition) is 5. The molecule has 2 fully saturated rings. The predicted octanol–water partition coefficient (Wildman–Crippen LogP) is 4.52. The van der Waals surface area contributed by atoms with Gasteiger partial charge < -0.3 is 9.47 Å². The summed E-state index contributed by atoms with van der Waals surface area (Å²) in [6, 6.07) is 7.29. The van der Waals surface area contributed by atoms with Gasteiger partial charge >= 0.3 is 6.09 Å². The first-order valence-corrected chi connectivity index (χ1v) is 11.3. The van der Waals surface area contributed by atoms with Crippen molar-refractivity contribution >= 4 is 35.2 Å². The summed E-state index contributed by atoms with van der Waals surface area (Å²) in [4.78, 5) is 27.3. The first-order chi connectivity index (χ1) is 13.4. The second kappa shape index (κ2) is 9.06. The molecule has 1 aliphatic carbocycles. The van der Waals surface area contributed by atoms with Crippen LogP contribution in [0.15, 0.2) is 24.3 Å². The summed E-state index contributed by atoms with van der Waals surface area (Å²) in [6.45, 7) is 4.11. The van der Waals surface area contributed by atoms with Crippen molar-refractivity contribution in [1.82, 2.24) is 4.90 Å². The molecule has 0 unspecified atom stereocenters. The molecule has 0 aromatic heterocycles. The molecule has 1 aliphatic heterocycles. The van der Waals surface area contributed by atoms with Crippen LogP contribution in [-0.4, -0.2) is 55.2 Å². The van der Waals surface area contributed by atoms with Crippen molar-refractivity contribution in [3.63, 3.8) is 0 Å². The smallest absolute Gasteiger partial charge is 0.410 e. The summed E-state index contributed by atoms with van der Waals surface area (Å²) < 4.78 is 10.8. The number of amides is 1. The average Bonchev–Trinajstić information content (AvgIpc) is 2.67. The van der Waals surface area contributed by atoms with Crippen molar-refractivity contribution < 1.29 is 19.1 Å². The molecule has 0 spiro atoms. The van der Waals surface area contributed by atoms with Crippen molar-refractivity contribution in [2.75, 3.05) is 38.4 Å². The van der Waals surface area contributed by atoms with Crippen LogP contribution in [-0.2, 0) is 19.8 Å². The maximum Gasteiger partial charge on any atom is 0.410 e. The zero-order valence-electron chi connectivity index (χ0n) is 16.5. The molecule has 1 heterocycles. The monoisotopic (exact) mass is 425 g/mol. The van der Waals surface area contributed by atoms with Gasteiger partial charge in [-0.15, -0.1) is 0 Å². The lowest BCUT2D eigenvalue weighted by Gasteiger charge is -2.43. The Kier molecular flexibility index (Phi) is 6.94. The zero-order chi connectivity index (χ0) is 20.2. The summed E-state index contributed by atoms with van der Waals surface area (Å²) in [7, 11) is 1.65. The Morgan fingerprint density at radius 1 is 1.32 bits per heavy atom. The van der Waals surface area contributed by atoms with Gasteiger partial charge in [-0.3, -0.25) is 9.69 Å². The van der Waals surface area contributed by atoms with Crippen LogP contribution in [0.25, 0.3) is 0 Å². The van der Waals surface area contributed by atoms with E-state index in [1.807, 2.05) is 18.2 Å². The van der Waals surface area contributed by atoms with Crippen LogP contribution in [0.3, 0.4) is 0 Å². The van der Waals surface area contributed by atoms with Gasteiger partial charge in [-0.1, -0.05) is 36.7 Å². The zero-order valence-corrected chi connectivity index (χ0v) is 18.1. The normalized spacial score (nSPS) is 23.8. The summed E-state index contributed by atoms with van der Waals surface area (Å²) in [5, 5.41) is 0.504. The number of halogens is 1. The molecule has 1 saturated heterocycles. The first-order valence-electron chi connectivity index (χ1n) is 9.73. The lowest BCUT2D eigenvalue weighted by Crippen LogP contribution is -2.54. The van der Waals surface area contributed by atoms with E-state index in [2.05, 4.69) is 6.92 Å². The van der Waals surface area contributed by atoms with Gasteiger partial charge in [0.05, 0.1) is 13.2 Å². The molecule has 1 aromatic carbocycles. The van der Waals surface area contributed by atoms with Gasteiger partial charge in [0.2, 0.25) is 0 Å². The third-order valence-electron chi connectivity index (χ3n) is 5.62. The molecule has 1 amide bonds. The highest BCUT2D eigenvalue weighted by Gasteiger charge is 2.48. The fraction of sp³-hybridized carbons (Fsp3) is 0.619. The van der Waals surface area contributed by atoms with E-state index >= 15 is 0 Å². The summed E-state index contributed by atoms with van der Waals surface area (Å²) in [5.41, 5.74) is -0.112. The van der Waals surface area contributed by atoms with Gasteiger partial charge in [0, 0.05) is 41.0 Å². The van der Waals surface area contributed by atoms with Crippen LogP contribution in [0.4, 0.5) is 4.79 Å². The lowest BCUT2D eigenvalue weighted by atomic mass is 9.74. The number of rotatable bonds is 7. The molecule has 1 atom stereocenters. The van der Waals surface area contributed by atoms with E-state index in [0.717, 1.165) is 37.6 Å². The molecule has 1 aromatic rings. The quantitative estimate of drug-likeness (QED) is 0.601. The summed E-state index contributed by atoms with van der Waals surface area (Å²) in [5.74, 6) is 1.74.